The summed E-state index contributed by atoms with van der Waals surface area (Å²) in [7, 11) is -2.27. The largest absolute Gasteiger partial charge is 0.497 e. The fourth-order valence-corrected chi connectivity index (χ4v) is 8.43. The number of sulfonamides is 1. The van der Waals surface area contributed by atoms with Crippen LogP contribution in [0.15, 0.2) is 77.7 Å². The minimum atomic E-state index is -3.79. The highest BCUT2D eigenvalue weighted by Gasteiger charge is 2.28. The van der Waals surface area contributed by atoms with Crippen LogP contribution in [0.5, 0.6) is 5.75 Å². The van der Waals surface area contributed by atoms with Crippen LogP contribution in [0.2, 0.25) is 0 Å². The van der Waals surface area contributed by atoms with E-state index < -0.39 is 10.0 Å². The van der Waals surface area contributed by atoms with Crippen molar-refractivity contribution >= 4 is 71.9 Å². The van der Waals surface area contributed by atoms with Crippen molar-refractivity contribution in [3.05, 3.63) is 88.8 Å². The summed E-state index contributed by atoms with van der Waals surface area (Å²) in [5.74, 6) is 0.306. The number of fused-ring (bicyclic) bond motifs is 2. The predicted molar refractivity (Wildman–Crippen MR) is 178 cm³/mol. The number of halogens is 1. The standard InChI is InChI=1S/C31H30N4O4S3.ClH/c1-19(2)35-17-16-24-27(18-35)41-31(28(24)30-32-25-6-4-5-7-26(25)40-30)33-29(36)20-8-10-21(11-9-20)34-42(37,38)23-14-12-22(39-3)13-15-23;/h4-15,19,34H,16-18H2,1-3H3,(H,33,36);1H. The first-order chi connectivity index (χ1) is 20.2. The summed E-state index contributed by atoms with van der Waals surface area (Å²) in [6.45, 7) is 6.21. The van der Waals surface area contributed by atoms with Crippen molar-refractivity contribution in [2.45, 2.75) is 37.8 Å². The molecule has 12 heteroatoms. The third kappa shape index (κ3) is 6.41. The Morgan fingerprint density at radius 3 is 2.40 bits per heavy atom. The molecular weight excluding hydrogens is 624 g/mol. The lowest BCUT2D eigenvalue weighted by Gasteiger charge is -2.30. The fourth-order valence-electron chi connectivity index (χ4n) is 4.99. The van der Waals surface area contributed by atoms with Gasteiger partial charge in [0.05, 0.1) is 22.2 Å². The highest BCUT2D eigenvalue weighted by atomic mass is 35.5. The van der Waals surface area contributed by atoms with Crippen LogP contribution in [0.1, 0.15) is 34.6 Å². The van der Waals surface area contributed by atoms with Gasteiger partial charge in [-0.15, -0.1) is 35.1 Å². The molecule has 3 aromatic carbocycles. The zero-order chi connectivity index (χ0) is 29.4. The van der Waals surface area contributed by atoms with Crippen LogP contribution in [-0.4, -0.2) is 43.9 Å². The topological polar surface area (TPSA) is 101 Å². The quantitative estimate of drug-likeness (QED) is 0.182. The van der Waals surface area contributed by atoms with Crippen molar-refractivity contribution in [1.82, 2.24) is 9.88 Å². The SMILES string of the molecule is COc1ccc(S(=O)(=O)Nc2ccc(C(=O)Nc3sc4c(c3-c3nc5ccccc5s3)CCN(C(C)C)C4)cc2)cc1.Cl. The minimum absolute atomic E-state index is 0. The summed E-state index contributed by atoms with van der Waals surface area (Å²) in [6, 6.07) is 21.1. The van der Waals surface area contributed by atoms with Crippen molar-refractivity contribution in [2.75, 3.05) is 23.7 Å². The summed E-state index contributed by atoms with van der Waals surface area (Å²) >= 11 is 3.25. The number of methoxy groups -OCH3 is 1. The highest BCUT2D eigenvalue weighted by Crippen LogP contribution is 2.46. The molecule has 1 aliphatic heterocycles. The van der Waals surface area contributed by atoms with E-state index in [1.165, 1.54) is 29.7 Å². The molecule has 6 rings (SSSR count). The van der Waals surface area contributed by atoms with Gasteiger partial charge in [-0.1, -0.05) is 12.1 Å². The maximum Gasteiger partial charge on any atom is 0.261 e. The molecule has 2 aromatic heterocycles. The first-order valence-corrected chi connectivity index (χ1v) is 16.7. The molecule has 0 radical (unpaired) electrons. The summed E-state index contributed by atoms with van der Waals surface area (Å²) < 4.78 is 34.4. The number of ether oxygens (including phenoxy) is 1. The number of carbonyl (C=O) groups is 1. The molecule has 3 heterocycles. The monoisotopic (exact) mass is 654 g/mol. The normalized spacial score (nSPS) is 13.4. The van der Waals surface area contributed by atoms with Crippen LogP contribution >= 0.6 is 35.1 Å². The number of thiazole rings is 1. The van der Waals surface area contributed by atoms with Gasteiger partial charge < -0.3 is 10.1 Å². The summed E-state index contributed by atoms with van der Waals surface area (Å²) in [6.07, 6.45) is 0.897. The maximum atomic E-state index is 13.5. The van der Waals surface area contributed by atoms with Gasteiger partial charge in [0.2, 0.25) is 0 Å². The lowest BCUT2D eigenvalue weighted by Crippen LogP contribution is -2.35. The van der Waals surface area contributed by atoms with Gasteiger partial charge in [-0.05, 0) is 86.5 Å². The molecule has 224 valence electrons. The first kappa shape index (κ1) is 31.0. The van der Waals surface area contributed by atoms with Gasteiger partial charge in [0, 0.05) is 40.8 Å². The fraction of sp³-hybridized carbons (Fsp3) is 0.226. The van der Waals surface area contributed by atoms with E-state index in [-0.39, 0.29) is 23.2 Å². The second-order valence-corrected chi connectivity index (χ2v) is 14.1. The molecule has 0 unspecified atom stereocenters. The van der Waals surface area contributed by atoms with E-state index >= 15 is 0 Å². The molecule has 8 nitrogen and oxygen atoms in total. The maximum absolute atomic E-state index is 13.5. The van der Waals surface area contributed by atoms with Crippen molar-refractivity contribution in [2.24, 2.45) is 0 Å². The van der Waals surface area contributed by atoms with Gasteiger partial charge in [0.1, 0.15) is 15.8 Å². The number of nitrogens with zero attached hydrogens (tertiary/aromatic N) is 2. The number of anilines is 2. The number of nitrogens with one attached hydrogen (secondary N) is 2. The molecular formula is C31H31ClN4O4S3. The minimum Gasteiger partial charge on any atom is -0.497 e. The Hall–Kier alpha value is -3.48. The smallest absolute Gasteiger partial charge is 0.261 e. The third-order valence-corrected chi connectivity index (χ3v) is 10.9. The van der Waals surface area contributed by atoms with E-state index in [0.717, 1.165) is 45.3 Å². The van der Waals surface area contributed by atoms with Crippen LogP contribution in [-0.2, 0) is 23.0 Å². The number of para-hydroxylation sites is 1. The van der Waals surface area contributed by atoms with Crippen LogP contribution in [0.25, 0.3) is 20.8 Å². The Morgan fingerprint density at radius 2 is 1.72 bits per heavy atom. The molecule has 0 saturated heterocycles. The molecule has 1 amide bonds. The number of carbonyl (C=O) groups excluding carboxylic acids is 1. The molecule has 0 saturated carbocycles. The lowest BCUT2D eigenvalue weighted by atomic mass is 10.0. The van der Waals surface area contributed by atoms with Crippen molar-refractivity contribution < 1.29 is 17.9 Å². The van der Waals surface area contributed by atoms with Gasteiger partial charge in [-0.2, -0.15) is 0 Å². The molecule has 0 bridgehead atoms. The third-order valence-electron chi connectivity index (χ3n) is 7.32. The predicted octanol–water partition coefficient (Wildman–Crippen LogP) is 7.27. The van der Waals surface area contributed by atoms with Crippen molar-refractivity contribution in [3.8, 4) is 16.3 Å². The Morgan fingerprint density at radius 1 is 1.00 bits per heavy atom. The summed E-state index contributed by atoms with van der Waals surface area (Å²) in [5.41, 5.74) is 4.00. The Bertz CT molecular complexity index is 1830. The van der Waals surface area contributed by atoms with E-state index in [1.807, 2.05) is 18.2 Å². The second kappa shape index (κ2) is 12.6. The summed E-state index contributed by atoms with van der Waals surface area (Å²) in [4.78, 5) is 22.2. The van der Waals surface area contributed by atoms with E-state index in [0.29, 0.717) is 23.0 Å². The lowest BCUT2D eigenvalue weighted by molar-refractivity contribution is 0.102. The zero-order valence-electron chi connectivity index (χ0n) is 23.8. The van der Waals surface area contributed by atoms with Crippen molar-refractivity contribution in [3.63, 3.8) is 0 Å². The zero-order valence-corrected chi connectivity index (χ0v) is 27.1. The van der Waals surface area contributed by atoms with Crippen LogP contribution in [0.3, 0.4) is 0 Å². The summed E-state index contributed by atoms with van der Waals surface area (Å²) in [5, 5.41) is 4.85. The molecule has 43 heavy (non-hydrogen) atoms. The average molecular weight is 655 g/mol. The van der Waals surface area contributed by atoms with Crippen LogP contribution < -0.4 is 14.8 Å². The number of hydrogen-bond acceptors (Lipinski definition) is 8. The van der Waals surface area contributed by atoms with E-state index in [9.17, 15) is 13.2 Å². The molecule has 0 spiro atoms. The number of rotatable bonds is 8. The second-order valence-electron chi connectivity index (χ2n) is 10.3. The number of amides is 1. The number of benzene rings is 3. The Balaban J connectivity index is 0.00000368. The Labute approximate surface area is 265 Å². The highest BCUT2D eigenvalue weighted by molar-refractivity contribution is 7.92. The van der Waals surface area contributed by atoms with Gasteiger partial charge in [-0.25, -0.2) is 13.4 Å². The van der Waals surface area contributed by atoms with E-state index in [4.69, 9.17) is 9.72 Å². The van der Waals surface area contributed by atoms with Crippen molar-refractivity contribution in [1.29, 1.82) is 0 Å². The van der Waals surface area contributed by atoms with Crippen LogP contribution in [0.4, 0.5) is 10.7 Å². The number of aromatic nitrogens is 1. The molecule has 0 aliphatic carbocycles. The van der Waals surface area contributed by atoms with Gasteiger partial charge in [-0.3, -0.25) is 14.4 Å². The molecule has 5 aromatic rings. The Kier molecular flexibility index (Phi) is 9.10. The van der Waals surface area contributed by atoms with E-state index in [1.54, 1.807) is 59.1 Å². The first-order valence-electron chi connectivity index (χ1n) is 13.5. The molecule has 0 fully saturated rings. The van der Waals surface area contributed by atoms with Gasteiger partial charge >= 0.3 is 0 Å². The van der Waals surface area contributed by atoms with Gasteiger partial charge in [0.25, 0.3) is 15.9 Å². The molecule has 1 aliphatic rings. The average Bonchev–Trinajstić information content (AvgIpc) is 3.57. The molecule has 2 N–H and O–H groups in total. The van der Waals surface area contributed by atoms with Gasteiger partial charge in [0.15, 0.2) is 0 Å². The van der Waals surface area contributed by atoms with Crippen LogP contribution in [0, 0.1) is 0 Å². The number of hydrogen-bond donors (Lipinski definition) is 2. The molecule has 0 atom stereocenters. The number of thiophene rings is 1. The van der Waals surface area contributed by atoms with E-state index in [2.05, 4.69) is 34.9 Å².